The zero-order valence-corrected chi connectivity index (χ0v) is 26.3. The Morgan fingerprint density at radius 3 is 1.02 bits per heavy atom. The van der Waals surface area contributed by atoms with E-state index in [9.17, 15) is 9.59 Å². The Labute approximate surface area is 252 Å². The van der Waals surface area contributed by atoms with Crippen molar-refractivity contribution >= 4 is 11.8 Å². The second-order valence-electron chi connectivity index (χ2n) is 12.1. The van der Waals surface area contributed by atoms with E-state index in [0.717, 1.165) is 57.8 Å². The van der Waals surface area contributed by atoms with Gasteiger partial charge < -0.3 is 20.8 Å². The van der Waals surface area contributed by atoms with E-state index >= 15 is 0 Å². The fourth-order valence-corrected chi connectivity index (χ4v) is 5.29. The van der Waals surface area contributed by atoms with Crippen LogP contribution >= 0.6 is 0 Å². The zero-order valence-electron chi connectivity index (χ0n) is 26.3. The lowest BCUT2D eigenvalue weighted by Gasteiger charge is -2.03. The van der Waals surface area contributed by atoms with Gasteiger partial charge in [-0.15, -0.1) is 0 Å². The lowest BCUT2D eigenvalue weighted by Crippen LogP contribution is -2.33. The maximum atomic E-state index is 12.1. The van der Waals surface area contributed by atoms with Crippen LogP contribution in [-0.2, 0) is 9.59 Å². The number of rotatable bonds is 30. The minimum absolute atomic E-state index is 0.0553. The smallest absolute Gasteiger partial charge is 0.243 e. The minimum Gasteiger partial charge on any atom is -0.396 e. The summed E-state index contributed by atoms with van der Waals surface area (Å²) in [7, 11) is 0. The Balaban J connectivity index is 1.87. The first kappa shape index (κ1) is 37.4. The van der Waals surface area contributed by atoms with Crippen LogP contribution in [0.2, 0.25) is 0 Å². The van der Waals surface area contributed by atoms with Gasteiger partial charge in [-0.25, -0.2) is 0 Å². The molecule has 6 nitrogen and oxygen atoms in total. The summed E-state index contributed by atoms with van der Waals surface area (Å²) in [5.41, 5.74) is 0. The lowest BCUT2D eigenvalue weighted by molar-refractivity contribution is -0.118. The minimum atomic E-state index is -0.0562. The Morgan fingerprint density at radius 2 is 0.732 bits per heavy atom. The predicted molar refractivity (Wildman–Crippen MR) is 172 cm³/mol. The molecule has 0 bridgehead atoms. The number of amides is 2. The van der Waals surface area contributed by atoms with E-state index in [1.807, 2.05) is 12.2 Å². The molecule has 0 aromatic heterocycles. The van der Waals surface area contributed by atoms with Crippen LogP contribution in [0.3, 0.4) is 0 Å². The number of aliphatic hydroxyl groups excluding tert-OH is 2. The van der Waals surface area contributed by atoms with Crippen molar-refractivity contribution in [3.8, 4) is 0 Å². The Hall–Kier alpha value is -1.66. The van der Waals surface area contributed by atoms with Crippen LogP contribution in [-0.4, -0.2) is 47.3 Å². The molecule has 4 N–H and O–H groups in total. The summed E-state index contributed by atoms with van der Waals surface area (Å²) in [6.45, 7) is 0.657. The molecule has 0 heterocycles. The molecule has 6 heteroatoms. The fraction of sp³-hybridized carbons (Fsp3) is 0.829. The summed E-state index contributed by atoms with van der Waals surface area (Å²) >= 11 is 0. The normalized spacial score (nSPS) is 16.5. The molecule has 1 fully saturated rings. The van der Waals surface area contributed by atoms with Gasteiger partial charge in [-0.3, -0.25) is 9.59 Å². The SMILES string of the molecule is O=C(/C=C/CCCCCCCCCCCCCO)N[C@H]1C[C@H]1NC(=O)/C=C/CCCCCCCCCCCCCO. The summed E-state index contributed by atoms with van der Waals surface area (Å²) in [6.07, 6.45) is 37.1. The molecule has 0 unspecified atom stereocenters. The second kappa shape index (κ2) is 28.5. The third-order valence-electron chi connectivity index (χ3n) is 8.04. The van der Waals surface area contributed by atoms with E-state index in [-0.39, 0.29) is 23.9 Å². The fourth-order valence-electron chi connectivity index (χ4n) is 5.29. The molecule has 2 amide bonds. The number of carbonyl (C=O) groups is 2. The molecule has 1 aliphatic carbocycles. The van der Waals surface area contributed by atoms with Gasteiger partial charge in [0.25, 0.3) is 0 Å². The van der Waals surface area contributed by atoms with Crippen molar-refractivity contribution in [1.29, 1.82) is 0 Å². The highest BCUT2D eigenvalue weighted by Crippen LogP contribution is 2.21. The number of hydrogen-bond donors (Lipinski definition) is 4. The summed E-state index contributed by atoms with van der Waals surface area (Å²) in [6, 6.07) is 0.111. The van der Waals surface area contributed by atoms with Crippen LogP contribution in [0.4, 0.5) is 0 Å². The van der Waals surface area contributed by atoms with Crippen LogP contribution in [0.25, 0.3) is 0 Å². The molecule has 0 saturated heterocycles. The van der Waals surface area contributed by atoms with Crippen molar-refractivity contribution in [2.24, 2.45) is 0 Å². The van der Waals surface area contributed by atoms with Crippen LogP contribution in [0.1, 0.15) is 161 Å². The third-order valence-corrected chi connectivity index (χ3v) is 8.04. The molecule has 0 spiro atoms. The predicted octanol–water partition coefficient (Wildman–Crippen LogP) is 7.82. The van der Waals surface area contributed by atoms with Gasteiger partial charge in [0, 0.05) is 13.2 Å². The third kappa shape index (κ3) is 25.8. The maximum absolute atomic E-state index is 12.1. The highest BCUT2D eigenvalue weighted by Gasteiger charge is 2.38. The van der Waals surface area contributed by atoms with Crippen molar-refractivity contribution in [3.63, 3.8) is 0 Å². The largest absolute Gasteiger partial charge is 0.396 e. The first-order valence-corrected chi connectivity index (χ1v) is 17.3. The molecule has 238 valence electrons. The quantitative estimate of drug-likeness (QED) is 0.0517. The first-order chi connectivity index (χ1) is 20.2. The Bertz CT molecular complexity index is 623. The van der Waals surface area contributed by atoms with Crippen LogP contribution in [0.5, 0.6) is 0 Å². The number of carbonyl (C=O) groups excluding carboxylic acids is 2. The highest BCUT2D eigenvalue weighted by atomic mass is 16.3. The van der Waals surface area contributed by atoms with Crippen molar-refractivity contribution in [1.82, 2.24) is 10.6 Å². The van der Waals surface area contributed by atoms with Gasteiger partial charge in [0.1, 0.15) is 0 Å². The Kier molecular flexibility index (Phi) is 25.9. The molecular formula is C35H64N2O4. The monoisotopic (exact) mass is 576 g/mol. The zero-order chi connectivity index (χ0) is 29.6. The van der Waals surface area contributed by atoms with E-state index in [1.165, 1.54) is 103 Å². The van der Waals surface area contributed by atoms with Crippen LogP contribution < -0.4 is 10.6 Å². The summed E-state index contributed by atoms with van der Waals surface area (Å²) in [5, 5.41) is 23.5. The van der Waals surface area contributed by atoms with E-state index in [4.69, 9.17) is 10.2 Å². The van der Waals surface area contributed by atoms with Gasteiger partial charge in [0.2, 0.25) is 11.8 Å². The topological polar surface area (TPSA) is 98.7 Å². The molecule has 0 radical (unpaired) electrons. The first-order valence-electron chi connectivity index (χ1n) is 17.3. The van der Waals surface area contributed by atoms with Crippen LogP contribution in [0, 0.1) is 0 Å². The molecule has 0 aromatic rings. The molecule has 1 aliphatic rings. The maximum Gasteiger partial charge on any atom is 0.243 e. The molecule has 0 aliphatic heterocycles. The van der Waals surface area contributed by atoms with E-state index in [1.54, 1.807) is 12.2 Å². The Morgan fingerprint density at radius 1 is 0.463 bits per heavy atom. The van der Waals surface area contributed by atoms with E-state index in [2.05, 4.69) is 10.6 Å². The van der Waals surface area contributed by atoms with Gasteiger partial charge in [-0.05, 0) is 57.1 Å². The second-order valence-corrected chi connectivity index (χ2v) is 12.1. The highest BCUT2D eigenvalue weighted by molar-refractivity contribution is 5.89. The van der Waals surface area contributed by atoms with Crippen molar-refractivity contribution in [3.05, 3.63) is 24.3 Å². The standard InChI is InChI=1S/C35H64N2O4/c38-29-25-21-17-13-9-5-1-3-7-11-15-19-23-27-34(40)36-32-31-33(32)37-35(41)28-24-20-16-12-8-4-2-6-10-14-18-22-26-30-39/h23-24,27-28,32-33,38-39H,1-22,25-26,29-31H2,(H,36,40)(H,37,41)/b27-23+,28-24+/t32-,33+. The number of nitrogens with one attached hydrogen (secondary N) is 2. The lowest BCUT2D eigenvalue weighted by atomic mass is 10.1. The molecule has 0 aromatic carbocycles. The number of hydrogen-bond acceptors (Lipinski definition) is 4. The summed E-state index contributed by atoms with van der Waals surface area (Å²) < 4.78 is 0. The summed E-state index contributed by atoms with van der Waals surface area (Å²) in [5.74, 6) is -0.112. The number of aliphatic hydroxyl groups is 2. The van der Waals surface area contributed by atoms with E-state index in [0.29, 0.717) is 13.2 Å². The molecule has 41 heavy (non-hydrogen) atoms. The van der Waals surface area contributed by atoms with E-state index < -0.39 is 0 Å². The van der Waals surface area contributed by atoms with Crippen molar-refractivity contribution in [2.45, 2.75) is 173 Å². The van der Waals surface area contributed by atoms with Crippen LogP contribution in [0.15, 0.2) is 24.3 Å². The average Bonchev–Trinajstić information content (AvgIpc) is 3.69. The van der Waals surface area contributed by atoms with Gasteiger partial charge in [0.05, 0.1) is 12.1 Å². The molecule has 1 rings (SSSR count). The molecule has 1 saturated carbocycles. The summed E-state index contributed by atoms with van der Waals surface area (Å²) in [4.78, 5) is 24.2. The number of allylic oxidation sites excluding steroid dienone is 2. The molecular weight excluding hydrogens is 512 g/mol. The van der Waals surface area contributed by atoms with Gasteiger partial charge in [0.15, 0.2) is 0 Å². The van der Waals surface area contributed by atoms with Gasteiger partial charge in [-0.1, -0.05) is 128 Å². The van der Waals surface area contributed by atoms with Gasteiger partial charge >= 0.3 is 0 Å². The average molecular weight is 577 g/mol. The van der Waals surface area contributed by atoms with Crippen molar-refractivity contribution in [2.75, 3.05) is 13.2 Å². The number of unbranched alkanes of at least 4 members (excludes halogenated alkanes) is 22. The van der Waals surface area contributed by atoms with Crippen molar-refractivity contribution < 1.29 is 19.8 Å². The molecule has 2 atom stereocenters. The van der Waals surface area contributed by atoms with Gasteiger partial charge in [-0.2, -0.15) is 0 Å².